The van der Waals surface area contributed by atoms with Gasteiger partial charge in [-0.2, -0.15) is 0 Å². The third kappa shape index (κ3) is 6.83. The molecule has 2 rings (SSSR count). The van der Waals surface area contributed by atoms with Gasteiger partial charge in [-0.05, 0) is 47.9 Å². The van der Waals surface area contributed by atoms with Crippen LogP contribution in [0.15, 0.2) is 55.1 Å². The van der Waals surface area contributed by atoms with Gasteiger partial charge in [0.05, 0.1) is 0 Å². The Kier molecular flexibility index (Phi) is 8.53. The molecular weight excluding hydrogens is 402 g/mol. The highest BCUT2D eigenvalue weighted by molar-refractivity contribution is 6.07. The van der Waals surface area contributed by atoms with Gasteiger partial charge in [0.15, 0.2) is 12.4 Å². The molecule has 0 aliphatic heterocycles. The molecule has 0 aliphatic rings. The minimum atomic E-state index is -1.28. The Hall–Kier alpha value is -3.91. The first-order valence-corrected chi connectivity index (χ1v) is 9.36. The highest BCUT2D eigenvalue weighted by Crippen LogP contribution is 2.28. The molecule has 8 heteroatoms. The third-order valence-electron chi connectivity index (χ3n) is 4.06. The van der Waals surface area contributed by atoms with Crippen LogP contribution >= 0.6 is 0 Å². The van der Waals surface area contributed by atoms with E-state index in [1.165, 1.54) is 18.2 Å². The molecule has 0 radical (unpaired) electrons. The van der Waals surface area contributed by atoms with Crippen LogP contribution in [0.2, 0.25) is 0 Å². The third-order valence-corrected chi connectivity index (χ3v) is 4.06. The Morgan fingerprint density at radius 1 is 1.10 bits per heavy atom. The Bertz CT molecular complexity index is 1010. The van der Waals surface area contributed by atoms with Gasteiger partial charge < -0.3 is 25.4 Å². The lowest BCUT2D eigenvalue weighted by molar-refractivity contribution is -0.139. The van der Waals surface area contributed by atoms with Gasteiger partial charge in [0, 0.05) is 12.1 Å². The molecule has 0 fully saturated rings. The summed E-state index contributed by atoms with van der Waals surface area (Å²) < 4.78 is 10.6. The maximum absolute atomic E-state index is 12.5. The normalized spacial score (nSPS) is 10.6. The molecule has 0 bridgehead atoms. The van der Waals surface area contributed by atoms with Crippen molar-refractivity contribution < 1.29 is 34.1 Å². The molecule has 0 unspecified atom stereocenters. The Morgan fingerprint density at radius 2 is 1.87 bits per heavy atom. The lowest BCUT2D eigenvalue weighted by atomic mass is 10.0. The topological polar surface area (TPSA) is 136 Å². The number of carbonyl (C=O) groups is 3. The van der Waals surface area contributed by atoms with Crippen LogP contribution < -0.4 is 15.2 Å². The molecule has 2 aromatic rings. The van der Waals surface area contributed by atoms with E-state index in [0.717, 1.165) is 0 Å². The fourth-order valence-electron chi connectivity index (χ4n) is 2.76. The second kappa shape index (κ2) is 11.3. The number of aromatic carboxylic acids is 1. The molecule has 31 heavy (non-hydrogen) atoms. The SMILES string of the molecule is C=CCc1cc(C=CC(=O)c2cccc(OCCN)c2)cc(C(=O)O)c1OCC(=O)O. The zero-order chi connectivity index (χ0) is 22.8. The standard InChI is InChI=1S/C23H23NO7/c1-2-4-17-11-15(12-19(23(28)29)22(17)31-14-21(26)27)7-8-20(25)16-5-3-6-18(13-16)30-10-9-24/h2-3,5-8,11-13H,1,4,9-10,14,24H2,(H,26,27)(H,28,29). The molecule has 0 amide bonds. The minimum Gasteiger partial charge on any atom is -0.492 e. The summed E-state index contributed by atoms with van der Waals surface area (Å²) in [6.45, 7) is 3.63. The highest BCUT2D eigenvalue weighted by atomic mass is 16.5. The van der Waals surface area contributed by atoms with Crippen LogP contribution in [0.1, 0.15) is 31.8 Å². The largest absolute Gasteiger partial charge is 0.492 e. The molecule has 0 aromatic heterocycles. The second-order valence-corrected chi connectivity index (χ2v) is 6.40. The Morgan fingerprint density at radius 3 is 2.52 bits per heavy atom. The summed E-state index contributed by atoms with van der Waals surface area (Å²) in [4.78, 5) is 35.0. The number of hydrogen-bond acceptors (Lipinski definition) is 6. The van der Waals surface area contributed by atoms with Crippen LogP contribution in [-0.4, -0.2) is 47.7 Å². The molecule has 0 atom stereocenters. The number of carboxylic acids is 2. The summed E-state index contributed by atoms with van der Waals surface area (Å²) in [5, 5.41) is 18.4. The van der Waals surface area contributed by atoms with Crippen molar-refractivity contribution in [3.05, 3.63) is 77.4 Å². The van der Waals surface area contributed by atoms with Crippen molar-refractivity contribution in [2.75, 3.05) is 19.8 Å². The molecule has 2 aromatic carbocycles. The van der Waals surface area contributed by atoms with Gasteiger partial charge in [-0.25, -0.2) is 9.59 Å². The van der Waals surface area contributed by atoms with E-state index in [-0.39, 0.29) is 23.5 Å². The van der Waals surface area contributed by atoms with Crippen molar-refractivity contribution in [3.63, 3.8) is 0 Å². The number of carboxylic acid groups (broad SMARTS) is 2. The molecule has 162 valence electrons. The summed E-state index contributed by atoms with van der Waals surface area (Å²) in [6.07, 6.45) is 4.60. The van der Waals surface area contributed by atoms with E-state index in [1.54, 1.807) is 36.4 Å². The van der Waals surface area contributed by atoms with Gasteiger partial charge in [-0.1, -0.05) is 24.3 Å². The fraction of sp³-hybridized carbons (Fsp3) is 0.174. The number of benzene rings is 2. The number of rotatable bonds is 12. The zero-order valence-corrected chi connectivity index (χ0v) is 16.7. The minimum absolute atomic E-state index is 0.0389. The summed E-state index contributed by atoms with van der Waals surface area (Å²) in [5.74, 6) is -2.33. The number of ketones is 1. The molecule has 4 N–H and O–H groups in total. The van der Waals surface area contributed by atoms with Crippen LogP contribution in [0.25, 0.3) is 6.08 Å². The summed E-state index contributed by atoms with van der Waals surface area (Å²) in [6, 6.07) is 9.57. The van der Waals surface area contributed by atoms with Crippen LogP contribution in [0.3, 0.4) is 0 Å². The maximum Gasteiger partial charge on any atom is 0.341 e. The number of aliphatic carboxylic acids is 1. The molecule has 0 saturated heterocycles. The molecule has 0 aliphatic carbocycles. The zero-order valence-electron chi connectivity index (χ0n) is 16.7. The van der Waals surface area contributed by atoms with E-state index < -0.39 is 18.5 Å². The van der Waals surface area contributed by atoms with Crippen LogP contribution in [-0.2, 0) is 11.2 Å². The van der Waals surface area contributed by atoms with Gasteiger partial charge in [0.1, 0.15) is 23.7 Å². The van der Waals surface area contributed by atoms with Gasteiger partial charge in [-0.15, -0.1) is 6.58 Å². The highest BCUT2D eigenvalue weighted by Gasteiger charge is 2.18. The van der Waals surface area contributed by atoms with Crippen LogP contribution in [0.5, 0.6) is 11.5 Å². The lowest BCUT2D eigenvalue weighted by Crippen LogP contribution is -2.13. The quantitative estimate of drug-likeness (QED) is 0.268. The smallest absolute Gasteiger partial charge is 0.341 e. The summed E-state index contributed by atoms with van der Waals surface area (Å²) in [5.41, 5.74) is 6.49. The predicted molar refractivity (Wildman–Crippen MR) is 115 cm³/mol. The van der Waals surface area contributed by atoms with Crippen molar-refractivity contribution >= 4 is 23.8 Å². The number of ether oxygens (including phenoxy) is 2. The first-order valence-electron chi connectivity index (χ1n) is 9.36. The predicted octanol–water partition coefficient (Wildman–Crippen LogP) is 2.81. The van der Waals surface area contributed by atoms with E-state index in [4.69, 9.17) is 20.3 Å². The Balaban J connectivity index is 2.34. The monoisotopic (exact) mass is 425 g/mol. The van der Waals surface area contributed by atoms with Crippen molar-refractivity contribution in [2.45, 2.75) is 6.42 Å². The number of nitrogens with two attached hydrogens (primary N) is 1. The van der Waals surface area contributed by atoms with Gasteiger partial charge in [-0.3, -0.25) is 4.79 Å². The maximum atomic E-state index is 12.5. The van der Waals surface area contributed by atoms with Crippen molar-refractivity contribution in [1.82, 2.24) is 0 Å². The van der Waals surface area contributed by atoms with Crippen LogP contribution in [0.4, 0.5) is 0 Å². The Labute approximate surface area is 179 Å². The average Bonchev–Trinajstić information content (AvgIpc) is 2.75. The van der Waals surface area contributed by atoms with Gasteiger partial charge in [0.2, 0.25) is 0 Å². The van der Waals surface area contributed by atoms with Crippen molar-refractivity contribution in [1.29, 1.82) is 0 Å². The van der Waals surface area contributed by atoms with Gasteiger partial charge in [0.25, 0.3) is 0 Å². The fourth-order valence-corrected chi connectivity index (χ4v) is 2.76. The van der Waals surface area contributed by atoms with E-state index in [9.17, 15) is 19.5 Å². The molecular formula is C23H23NO7. The summed E-state index contributed by atoms with van der Waals surface area (Å²) >= 11 is 0. The molecule has 0 heterocycles. The van der Waals surface area contributed by atoms with Crippen LogP contribution in [0, 0.1) is 0 Å². The van der Waals surface area contributed by atoms with E-state index in [1.807, 2.05) is 0 Å². The molecule has 0 spiro atoms. The average molecular weight is 425 g/mol. The number of allylic oxidation sites excluding steroid dienone is 2. The first-order chi connectivity index (χ1) is 14.8. The van der Waals surface area contributed by atoms with Crippen molar-refractivity contribution in [2.24, 2.45) is 5.73 Å². The number of carbonyl (C=O) groups excluding carboxylic acids is 1. The van der Waals surface area contributed by atoms with Crippen molar-refractivity contribution in [3.8, 4) is 11.5 Å². The first kappa shape index (κ1) is 23.4. The van der Waals surface area contributed by atoms with E-state index in [0.29, 0.717) is 35.6 Å². The number of hydrogen-bond donors (Lipinski definition) is 3. The summed E-state index contributed by atoms with van der Waals surface area (Å²) in [7, 11) is 0. The second-order valence-electron chi connectivity index (χ2n) is 6.40. The van der Waals surface area contributed by atoms with E-state index >= 15 is 0 Å². The van der Waals surface area contributed by atoms with E-state index in [2.05, 4.69) is 6.58 Å². The molecule has 8 nitrogen and oxygen atoms in total. The lowest BCUT2D eigenvalue weighted by Gasteiger charge is -2.13. The molecule has 0 saturated carbocycles. The van der Waals surface area contributed by atoms with Gasteiger partial charge >= 0.3 is 11.9 Å².